The molecule has 4 aromatic rings. The van der Waals surface area contributed by atoms with Crippen LogP contribution in [0.15, 0.2) is 30.7 Å². The maximum atomic E-state index is 15.2. The molecule has 9 nitrogen and oxygen atoms in total. The lowest BCUT2D eigenvalue weighted by atomic mass is 10.0. The van der Waals surface area contributed by atoms with E-state index < -0.39 is 31.0 Å². The monoisotopic (exact) mass is 505 g/mol. The number of halogens is 4. The summed E-state index contributed by atoms with van der Waals surface area (Å²) in [5, 5.41) is 7.22. The van der Waals surface area contributed by atoms with Crippen molar-refractivity contribution in [2.75, 3.05) is 25.5 Å². The summed E-state index contributed by atoms with van der Waals surface area (Å²) in [5.74, 6) is -0.738. The number of imidazole rings is 1. The normalized spacial score (nSPS) is 18.4. The standard InChI is InChI=1S/C23H23F4N7O2/c1-12(35)32-6-5-16(14(24)8-32)29-23-30-22(36-2)21-20(15(25)9-34(21)31-23)13-3-4-17-18(7-13)33(11-28-17)10-19(26)27/h3-4,7,9,11,14,16,19H,5-6,8,10H2,1-2H3,(H,29,31)/t14-,16+/m1/s1. The Bertz CT molecular complexity index is 1440. The number of carbonyl (C=O) groups excluding carboxylic acids is 1. The number of fused-ring (bicyclic) bond motifs is 2. The van der Waals surface area contributed by atoms with Gasteiger partial charge in [-0.2, -0.15) is 4.98 Å². The van der Waals surface area contributed by atoms with Gasteiger partial charge in [0.2, 0.25) is 17.7 Å². The molecule has 1 amide bonds. The van der Waals surface area contributed by atoms with E-state index in [0.29, 0.717) is 29.6 Å². The van der Waals surface area contributed by atoms with Gasteiger partial charge < -0.3 is 19.5 Å². The Kier molecular flexibility index (Phi) is 6.14. The average molecular weight is 505 g/mol. The van der Waals surface area contributed by atoms with Gasteiger partial charge in [-0.05, 0) is 24.1 Å². The second kappa shape index (κ2) is 9.28. The fraction of sp³-hybridized carbons (Fsp3) is 0.391. The molecule has 1 aromatic carbocycles. The number of piperidine rings is 1. The zero-order chi connectivity index (χ0) is 25.6. The zero-order valence-electron chi connectivity index (χ0n) is 19.5. The van der Waals surface area contributed by atoms with Crippen molar-refractivity contribution >= 4 is 28.4 Å². The molecule has 0 spiro atoms. The minimum atomic E-state index is -2.57. The zero-order valence-corrected chi connectivity index (χ0v) is 19.5. The molecule has 1 N–H and O–H groups in total. The number of amides is 1. The summed E-state index contributed by atoms with van der Waals surface area (Å²) in [6.07, 6.45) is -1.10. The lowest BCUT2D eigenvalue weighted by molar-refractivity contribution is -0.131. The van der Waals surface area contributed by atoms with E-state index in [0.717, 1.165) is 6.20 Å². The van der Waals surface area contributed by atoms with E-state index in [2.05, 4.69) is 20.4 Å². The molecule has 36 heavy (non-hydrogen) atoms. The summed E-state index contributed by atoms with van der Waals surface area (Å²) in [7, 11) is 1.37. The number of aromatic nitrogens is 5. The van der Waals surface area contributed by atoms with Crippen LogP contribution in [0.4, 0.5) is 23.5 Å². The first kappa shape index (κ1) is 23.8. The van der Waals surface area contributed by atoms with Crippen molar-refractivity contribution < 1.29 is 27.1 Å². The van der Waals surface area contributed by atoms with Crippen molar-refractivity contribution in [3.63, 3.8) is 0 Å². The Morgan fingerprint density at radius 3 is 2.83 bits per heavy atom. The number of alkyl halides is 3. The molecule has 5 rings (SSSR count). The Morgan fingerprint density at radius 1 is 1.33 bits per heavy atom. The maximum absolute atomic E-state index is 15.2. The molecule has 0 saturated carbocycles. The minimum absolute atomic E-state index is 0.0373. The van der Waals surface area contributed by atoms with Crippen LogP contribution in [-0.2, 0) is 11.3 Å². The number of methoxy groups -OCH3 is 1. The van der Waals surface area contributed by atoms with Crippen LogP contribution in [0.1, 0.15) is 13.3 Å². The van der Waals surface area contributed by atoms with Gasteiger partial charge in [0.15, 0.2) is 5.82 Å². The molecular formula is C23H23F4N7O2. The molecule has 1 aliphatic rings. The predicted octanol–water partition coefficient (Wildman–Crippen LogP) is 3.53. The SMILES string of the molecule is COc1nc(N[C@H]2CCN(C(C)=O)C[C@H]2F)nn2cc(F)c(-c3ccc4ncn(CC(F)F)c4c3)c12. The van der Waals surface area contributed by atoms with Crippen molar-refractivity contribution in [1.29, 1.82) is 0 Å². The number of hydrogen-bond acceptors (Lipinski definition) is 6. The summed E-state index contributed by atoms with van der Waals surface area (Å²) < 4.78 is 63.8. The number of nitrogens with one attached hydrogen (secondary N) is 1. The number of nitrogens with zero attached hydrogens (tertiary/aromatic N) is 6. The number of rotatable bonds is 6. The van der Waals surface area contributed by atoms with E-state index in [1.54, 1.807) is 18.2 Å². The third-order valence-corrected chi connectivity index (χ3v) is 6.29. The maximum Gasteiger partial charge on any atom is 0.256 e. The Balaban J connectivity index is 1.51. The predicted molar refractivity (Wildman–Crippen MR) is 123 cm³/mol. The van der Waals surface area contributed by atoms with E-state index in [1.165, 1.54) is 34.3 Å². The van der Waals surface area contributed by atoms with Gasteiger partial charge in [-0.3, -0.25) is 4.79 Å². The van der Waals surface area contributed by atoms with Crippen LogP contribution in [0.5, 0.6) is 5.88 Å². The quantitative estimate of drug-likeness (QED) is 0.404. The van der Waals surface area contributed by atoms with Crippen LogP contribution < -0.4 is 10.1 Å². The van der Waals surface area contributed by atoms with Crippen molar-refractivity contribution in [2.45, 2.75) is 38.5 Å². The molecule has 1 saturated heterocycles. The van der Waals surface area contributed by atoms with Crippen molar-refractivity contribution in [2.24, 2.45) is 0 Å². The van der Waals surface area contributed by atoms with Crippen LogP contribution >= 0.6 is 0 Å². The Morgan fingerprint density at radius 2 is 2.14 bits per heavy atom. The minimum Gasteiger partial charge on any atom is -0.479 e. The van der Waals surface area contributed by atoms with Crippen molar-refractivity contribution in [3.05, 3.63) is 36.5 Å². The molecular weight excluding hydrogens is 482 g/mol. The lowest BCUT2D eigenvalue weighted by Crippen LogP contribution is -2.49. The highest BCUT2D eigenvalue weighted by Gasteiger charge is 2.31. The number of hydrogen-bond donors (Lipinski definition) is 1. The molecule has 1 fully saturated rings. The number of carbonyl (C=O) groups is 1. The summed E-state index contributed by atoms with van der Waals surface area (Å²) >= 11 is 0. The highest BCUT2D eigenvalue weighted by Crippen LogP contribution is 2.35. The van der Waals surface area contributed by atoms with Gasteiger partial charge in [0.1, 0.15) is 11.7 Å². The van der Waals surface area contributed by atoms with Crippen molar-refractivity contribution in [3.8, 4) is 17.0 Å². The molecule has 0 radical (unpaired) electrons. The molecule has 4 heterocycles. The van der Waals surface area contributed by atoms with Gasteiger partial charge >= 0.3 is 0 Å². The first-order chi connectivity index (χ1) is 17.2. The van der Waals surface area contributed by atoms with Crippen molar-refractivity contribution in [1.82, 2.24) is 29.0 Å². The lowest BCUT2D eigenvalue weighted by Gasteiger charge is -2.34. The first-order valence-corrected chi connectivity index (χ1v) is 11.3. The molecule has 2 atom stereocenters. The number of benzene rings is 1. The molecule has 190 valence electrons. The number of likely N-dealkylation sites (tertiary alicyclic amines) is 1. The van der Waals surface area contributed by atoms with Gasteiger partial charge in [-0.25, -0.2) is 27.1 Å². The van der Waals surface area contributed by atoms with Crippen LogP contribution in [0.25, 0.3) is 27.7 Å². The summed E-state index contributed by atoms with van der Waals surface area (Å²) in [5.41, 5.74) is 1.68. The van der Waals surface area contributed by atoms with Gasteiger partial charge in [0.05, 0.1) is 55.4 Å². The van der Waals surface area contributed by atoms with Gasteiger partial charge in [0.25, 0.3) is 6.43 Å². The highest BCUT2D eigenvalue weighted by atomic mass is 19.3. The number of ether oxygens (including phenoxy) is 1. The first-order valence-electron chi connectivity index (χ1n) is 11.3. The number of anilines is 1. The average Bonchev–Trinajstić information content (AvgIpc) is 3.38. The highest BCUT2D eigenvalue weighted by molar-refractivity contribution is 5.90. The second-order valence-corrected chi connectivity index (χ2v) is 8.60. The largest absolute Gasteiger partial charge is 0.479 e. The topological polar surface area (TPSA) is 89.6 Å². The van der Waals surface area contributed by atoms with Crippen LogP contribution in [-0.4, -0.2) is 73.8 Å². The van der Waals surface area contributed by atoms with Crippen LogP contribution in [0, 0.1) is 5.82 Å². The molecule has 0 bridgehead atoms. The fourth-order valence-electron chi connectivity index (χ4n) is 4.53. The van der Waals surface area contributed by atoms with E-state index in [1.807, 2.05) is 0 Å². The van der Waals surface area contributed by atoms with E-state index >= 15 is 4.39 Å². The Labute approximate surface area is 202 Å². The fourth-order valence-corrected chi connectivity index (χ4v) is 4.53. The molecule has 13 heteroatoms. The van der Waals surface area contributed by atoms with Gasteiger partial charge in [-0.15, -0.1) is 5.10 Å². The smallest absolute Gasteiger partial charge is 0.256 e. The van der Waals surface area contributed by atoms with E-state index in [-0.39, 0.29) is 35.4 Å². The van der Waals surface area contributed by atoms with Crippen LogP contribution in [0.2, 0.25) is 0 Å². The molecule has 0 aliphatic carbocycles. The Hall–Kier alpha value is -3.90. The van der Waals surface area contributed by atoms with E-state index in [4.69, 9.17) is 4.74 Å². The van der Waals surface area contributed by atoms with Crippen LogP contribution in [0.3, 0.4) is 0 Å². The third kappa shape index (κ3) is 4.29. The second-order valence-electron chi connectivity index (χ2n) is 8.60. The summed E-state index contributed by atoms with van der Waals surface area (Å²) in [6, 6.07) is 4.18. The van der Waals surface area contributed by atoms with Gasteiger partial charge in [0, 0.05) is 13.5 Å². The summed E-state index contributed by atoms with van der Waals surface area (Å²) in [6.45, 7) is 1.20. The molecule has 1 aliphatic heterocycles. The summed E-state index contributed by atoms with van der Waals surface area (Å²) in [4.78, 5) is 21.4. The van der Waals surface area contributed by atoms with E-state index in [9.17, 15) is 18.0 Å². The molecule has 0 unspecified atom stereocenters. The third-order valence-electron chi connectivity index (χ3n) is 6.29. The van der Waals surface area contributed by atoms with Gasteiger partial charge in [-0.1, -0.05) is 6.07 Å². The molecule has 3 aromatic heterocycles.